The Morgan fingerprint density at radius 3 is 2.62 bits per heavy atom. The molecule has 0 spiro atoms. The van der Waals surface area contributed by atoms with Gasteiger partial charge >= 0.3 is 0 Å². The molecule has 0 unspecified atom stereocenters. The highest BCUT2D eigenvalue weighted by Gasteiger charge is 2.23. The normalized spacial score (nSPS) is 17.7. The quantitative estimate of drug-likeness (QED) is 0.814. The van der Waals surface area contributed by atoms with E-state index in [0.717, 1.165) is 13.1 Å². The summed E-state index contributed by atoms with van der Waals surface area (Å²) in [6.45, 7) is 6.41. The number of nitrogens with zero attached hydrogens (tertiary/aromatic N) is 3. The molecule has 0 aliphatic carbocycles. The zero-order valence-corrected chi connectivity index (χ0v) is 12.4. The predicted molar refractivity (Wildman–Crippen MR) is 79.1 cm³/mol. The van der Waals surface area contributed by atoms with Crippen molar-refractivity contribution in [1.29, 1.82) is 0 Å². The first-order valence-corrected chi connectivity index (χ1v) is 7.38. The van der Waals surface area contributed by atoms with E-state index in [2.05, 4.69) is 9.88 Å². The Bertz CT molecular complexity index is 433. The van der Waals surface area contributed by atoms with Crippen molar-refractivity contribution in [3.8, 4) is 0 Å². The lowest BCUT2D eigenvalue weighted by Crippen LogP contribution is -2.50. The number of rotatable bonds is 6. The maximum absolute atomic E-state index is 12.3. The van der Waals surface area contributed by atoms with Gasteiger partial charge in [0.05, 0.1) is 12.7 Å². The molecule has 0 radical (unpaired) electrons. The van der Waals surface area contributed by atoms with Crippen molar-refractivity contribution >= 4 is 5.91 Å². The van der Waals surface area contributed by atoms with Crippen LogP contribution in [0.3, 0.4) is 0 Å². The summed E-state index contributed by atoms with van der Waals surface area (Å²) in [5.41, 5.74) is 0.676. The van der Waals surface area contributed by atoms with Gasteiger partial charge in [-0.15, -0.1) is 0 Å². The Kier molecular flexibility index (Phi) is 6.10. The lowest BCUT2D eigenvalue weighted by molar-refractivity contribution is 0.0111. The molecule has 0 bridgehead atoms. The monoisotopic (exact) mass is 293 g/mol. The minimum atomic E-state index is -0.465. The Morgan fingerprint density at radius 1 is 1.33 bits per heavy atom. The van der Waals surface area contributed by atoms with Gasteiger partial charge in [0.1, 0.15) is 0 Å². The first-order valence-electron chi connectivity index (χ1n) is 7.38. The van der Waals surface area contributed by atoms with Crippen molar-refractivity contribution < 1.29 is 14.6 Å². The minimum Gasteiger partial charge on any atom is -0.389 e. The van der Waals surface area contributed by atoms with E-state index in [-0.39, 0.29) is 5.91 Å². The van der Waals surface area contributed by atoms with Gasteiger partial charge < -0.3 is 14.7 Å². The van der Waals surface area contributed by atoms with Crippen LogP contribution >= 0.6 is 0 Å². The van der Waals surface area contributed by atoms with Crippen LogP contribution in [0.2, 0.25) is 0 Å². The van der Waals surface area contributed by atoms with Gasteiger partial charge in [-0.2, -0.15) is 0 Å². The fraction of sp³-hybridized carbons (Fsp3) is 0.600. The number of piperazine rings is 1. The minimum absolute atomic E-state index is 0.0481. The summed E-state index contributed by atoms with van der Waals surface area (Å²) < 4.78 is 5.21. The van der Waals surface area contributed by atoms with E-state index in [9.17, 15) is 9.90 Å². The molecule has 1 aromatic heterocycles. The smallest absolute Gasteiger partial charge is 0.254 e. The van der Waals surface area contributed by atoms with Gasteiger partial charge in [0.25, 0.3) is 5.91 Å². The van der Waals surface area contributed by atoms with Crippen LogP contribution in [-0.4, -0.2) is 77.8 Å². The number of hydrogen-bond donors (Lipinski definition) is 1. The number of carbonyl (C=O) groups is 1. The van der Waals surface area contributed by atoms with Gasteiger partial charge in [-0.3, -0.25) is 14.7 Å². The van der Waals surface area contributed by atoms with Gasteiger partial charge in [-0.25, -0.2) is 0 Å². The third kappa shape index (κ3) is 4.77. The summed E-state index contributed by atoms with van der Waals surface area (Å²) in [4.78, 5) is 20.2. The van der Waals surface area contributed by atoms with E-state index < -0.39 is 6.10 Å². The molecule has 1 aromatic rings. The molecule has 1 fully saturated rings. The van der Waals surface area contributed by atoms with Crippen molar-refractivity contribution in [1.82, 2.24) is 14.8 Å². The Morgan fingerprint density at radius 2 is 2.00 bits per heavy atom. The molecule has 6 nitrogen and oxygen atoms in total. The van der Waals surface area contributed by atoms with Gasteiger partial charge in [0, 0.05) is 57.3 Å². The molecule has 1 aliphatic heterocycles. The molecule has 1 aliphatic rings. The fourth-order valence-corrected chi connectivity index (χ4v) is 2.42. The second kappa shape index (κ2) is 8.07. The third-order valence-electron chi connectivity index (χ3n) is 3.57. The summed E-state index contributed by atoms with van der Waals surface area (Å²) >= 11 is 0. The van der Waals surface area contributed by atoms with Crippen LogP contribution in [-0.2, 0) is 4.74 Å². The topological polar surface area (TPSA) is 65.9 Å². The SMILES string of the molecule is CCOC[C@@H](O)CN1CCN(C(=O)c2ccncc2)CC1. The van der Waals surface area contributed by atoms with Crippen molar-refractivity contribution in [3.05, 3.63) is 30.1 Å². The lowest BCUT2D eigenvalue weighted by atomic mass is 10.2. The number of hydrogen-bond acceptors (Lipinski definition) is 5. The molecule has 2 rings (SSSR count). The molecule has 1 amide bonds. The molecule has 1 atom stereocenters. The molecular formula is C15H23N3O3. The Hall–Kier alpha value is -1.50. The van der Waals surface area contributed by atoms with E-state index in [0.29, 0.717) is 38.4 Å². The predicted octanol–water partition coefficient (Wildman–Crippen LogP) is 0.237. The highest BCUT2D eigenvalue weighted by molar-refractivity contribution is 5.94. The van der Waals surface area contributed by atoms with Crippen LogP contribution in [0.15, 0.2) is 24.5 Å². The molecule has 1 N–H and O–H groups in total. The molecule has 0 aromatic carbocycles. The zero-order chi connectivity index (χ0) is 15.1. The molecule has 1 saturated heterocycles. The van der Waals surface area contributed by atoms with Crippen LogP contribution in [0.1, 0.15) is 17.3 Å². The summed E-state index contributed by atoms with van der Waals surface area (Å²) in [6, 6.07) is 3.47. The zero-order valence-electron chi connectivity index (χ0n) is 12.4. The highest BCUT2D eigenvalue weighted by Crippen LogP contribution is 2.08. The van der Waals surface area contributed by atoms with Crippen molar-refractivity contribution in [2.75, 3.05) is 45.9 Å². The number of amides is 1. The Balaban J connectivity index is 1.77. The number of β-amino-alcohol motifs (C(OH)–C–C–N with tert-alkyl or cyclic N) is 1. The van der Waals surface area contributed by atoms with Gasteiger partial charge in [-0.05, 0) is 19.1 Å². The fourth-order valence-electron chi connectivity index (χ4n) is 2.42. The molecule has 6 heteroatoms. The van der Waals surface area contributed by atoms with Gasteiger partial charge in [0.15, 0.2) is 0 Å². The van der Waals surface area contributed by atoms with Crippen LogP contribution in [0, 0.1) is 0 Å². The largest absolute Gasteiger partial charge is 0.389 e. The number of aliphatic hydroxyl groups is 1. The second-order valence-electron chi connectivity index (χ2n) is 5.14. The standard InChI is InChI=1S/C15H23N3O3/c1-2-21-12-14(19)11-17-7-9-18(10-8-17)15(20)13-3-5-16-6-4-13/h3-6,14,19H,2,7-12H2,1H3/t14-/m0/s1. The lowest BCUT2D eigenvalue weighted by Gasteiger charge is -2.35. The van der Waals surface area contributed by atoms with E-state index >= 15 is 0 Å². The summed E-state index contributed by atoms with van der Waals surface area (Å²) in [5, 5.41) is 9.83. The van der Waals surface area contributed by atoms with Crippen molar-refractivity contribution in [2.45, 2.75) is 13.0 Å². The summed E-state index contributed by atoms with van der Waals surface area (Å²) in [7, 11) is 0. The van der Waals surface area contributed by atoms with Gasteiger partial charge in [-0.1, -0.05) is 0 Å². The van der Waals surface area contributed by atoms with Crippen LogP contribution < -0.4 is 0 Å². The molecule has 0 saturated carbocycles. The number of ether oxygens (including phenoxy) is 1. The maximum atomic E-state index is 12.3. The summed E-state index contributed by atoms with van der Waals surface area (Å²) in [5.74, 6) is 0.0481. The van der Waals surface area contributed by atoms with E-state index in [4.69, 9.17) is 4.74 Å². The molecular weight excluding hydrogens is 270 g/mol. The maximum Gasteiger partial charge on any atom is 0.254 e. The number of aromatic nitrogens is 1. The second-order valence-corrected chi connectivity index (χ2v) is 5.14. The van der Waals surface area contributed by atoms with E-state index in [1.165, 1.54) is 0 Å². The van der Waals surface area contributed by atoms with Crippen molar-refractivity contribution in [3.63, 3.8) is 0 Å². The Labute approximate surface area is 125 Å². The van der Waals surface area contributed by atoms with E-state index in [1.54, 1.807) is 24.5 Å². The number of carbonyl (C=O) groups excluding carboxylic acids is 1. The average Bonchev–Trinajstić information content (AvgIpc) is 2.54. The van der Waals surface area contributed by atoms with Crippen molar-refractivity contribution in [2.24, 2.45) is 0 Å². The van der Waals surface area contributed by atoms with Crippen LogP contribution in [0.5, 0.6) is 0 Å². The average molecular weight is 293 g/mol. The van der Waals surface area contributed by atoms with E-state index in [1.807, 2.05) is 11.8 Å². The number of pyridine rings is 1. The van der Waals surface area contributed by atoms with Crippen LogP contribution in [0.4, 0.5) is 0 Å². The molecule has 21 heavy (non-hydrogen) atoms. The highest BCUT2D eigenvalue weighted by atomic mass is 16.5. The van der Waals surface area contributed by atoms with Crippen LogP contribution in [0.25, 0.3) is 0 Å². The summed E-state index contributed by atoms with van der Waals surface area (Å²) in [6.07, 6.45) is 2.80. The molecule has 116 valence electrons. The first kappa shape index (κ1) is 15.9. The molecule has 2 heterocycles. The first-order chi connectivity index (χ1) is 10.2. The van der Waals surface area contributed by atoms with Gasteiger partial charge in [0.2, 0.25) is 0 Å². The number of aliphatic hydroxyl groups excluding tert-OH is 1. The third-order valence-corrected chi connectivity index (χ3v) is 3.57.